The molecule has 1 aromatic heterocycles. The number of hydrogen-bond donors (Lipinski definition) is 1. The fraction of sp³-hybridized carbons (Fsp3) is 0.143. The summed E-state index contributed by atoms with van der Waals surface area (Å²) in [7, 11) is 1.72. The average Bonchev–Trinajstić information content (AvgIpc) is 2.69. The number of nitrogens with one attached hydrogen (secondary N) is 1. The van der Waals surface area contributed by atoms with Crippen LogP contribution >= 0.6 is 0 Å². The normalized spacial score (nSPS) is 10.4. The number of pyridine rings is 1. The topological polar surface area (TPSA) is 45.2 Å². The monoisotopic (exact) mass is 349 g/mol. The number of para-hydroxylation sites is 1. The first-order valence-corrected chi connectivity index (χ1v) is 8.41. The lowest BCUT2D eigenvalue weighted by molar-refractivity contribution is 0.0988. The number of nitrogens with zero attached hydrogens (tertiary/aromatic N) is 2. The summed E-state index contributed by atoms with van der Waals surface area (Å²) in [5.74, 6) is -0.369. The Kier molecular flexibility index (Phi) is 5.59. The van der Waals surface area contributed by atoms with Gasteiger partial charge in [-0.05, 0) is 42.3 Å². The first-order chi connectivity index (χ1) is 12.6. The highest BCUT2D eigenvalue weighted by Gasteiger charge is 2.14. The van der Waals surface area contributed by atoms with Crippen molar-refractivity contribution in [3.63, 3.8) is 0 Å². The Labute approximate surface area is 152 Å². The van der Waals surface area contributed by atoms with Gasteiger partial charge in [0, 0.05) is 19.3 Å². The number of anilines is 2. The van der Waals surface area contributed by atoms with Crippen molar-refractivity contribution in [2.45, 2.75) is 6.42 Å². The molecule has 0 fully saturated rings. The third-order valence-corrected chi connectivity index (χ3v) is 4.11. The van der Waals surface area contributed by atoms with Gasteiger partial charge >= 0.3 is 0 Å². The smallest absolute Gasteiger partial charge is 0.276 e. The van der Waals surface area contributed by atoms with E-state index in [9.17, 15) is 9.18 Å². The second kappa shape index (κ2) is 8.25. The summed E-state index contributed by atoms with van der Waals surface area (Å²) in [6.07, 6.45) is 2.19. The molecule has 3 rings (SSSR count). The van der Waals surface area contributed by atoms with Crippen LogP contribution in [0.3, 0.4) is 0 Å². The highest BCUT2D eigenvalue weighted by molar-refractivity contribution is 6.04. The Balaban J connectivity index is 1.58. The maximum Gasteiger partial charge on any atom is 0.276 e. The number of rotatable bonds is 6. The highest BCUT2D eigenvalue weighted by atomic mass is 19.1. The lowest BCUT2D eigenvalue weighted by atomic mass is 10.1. The molecule has 0 saturated carbocycles. The fourth-order valence-corrected chi connectivity index (χ4v) is 2.61. The van der Waals surface area contributed by atoms with Gasteiger partial charge in [0.2, 0.25) is 0 Å². The van der Waals surface area contributed by atoms with Crippen LogP contribution in [-0.2, 0) is 6.42 Å². The Morgan fingerprint density at radius 2 is 1.77 bits per heavy atom. The van der Waals surface area contributed by atoms with Crippen LogP contribution < -0.4 is 10.2 Å². The first kappa shape index (κ1) is 17.6. The number of aromatic nitrogens is 1. The number of hydrogen-bond acceptors (Lipinski definition) is 3. The second-order valence-electron chi connectivity index (χ2n) is 5.90. The molecule has 0 bridgehead atoms. The van der Waals surface area contributed by atoms with Crippen LogP contribution in [0.25, 0.3) is 0 Å². The molecule has 0 saturated heterocycles. The van der Waals surface area contributed by atoms with E-state index in [0.29, 0.717) is 24.2 Å². The SMILES string of the molecule is CN(C(=O)c1ccc(NCCc2ccccc2F)cn1)c1ccccc1. The van der Waals surface area contributed by atoms with E-state index in [2.05, 4.69) is 10.3 Å². The third kappa shape index (κ3) is 4.25. The van der Waals surface area contributed by atoms with Crippen molar-refractivity contribution >= 4 is 17.3 Å². The van der Waals surface area contributed by atoms with Gasteiger partial charge in [0.1, 0.15) is 11.5 Å². The zero-order chi connectivity index (χ0) is 18.4. The molecule has 0 aliphatic heterocycles. The van der Waals surface area contributed by atoms with Gasteiger partial charge in [0.15, 0.2) is 0 Å². The number of carbonyl (C=O) groups is 1. The molecule has 0 aliphatic rings. The summed E-state index contributed by atoms with van der Waals surface area (Å²) < 4.78 is 13.6. The molecule has 3 aromatic rings. The molecule has 132 valence electrons. The molecule has 2 aromatic carbocycles. The summed E-state index contributed by atoms with van der Waals surface area (Å²) >= 11 is 0. The molecule has 0 unspecified atom stereocenters. The molecular weight excluding hydrogens is 329 g/mol. The largest absolute Gasteiger partial charge is 0.383 e. The summed E-state index contributed by atoms with van der Waals surface area (Å²) in [6, 6.07) is 19.6. The standard InChI is InChI=1S/C21H20FN3O/c1-25(18-8-3-2-4-9-18)21(26)20-12-11-17(15-24-20)23-14-13-16-7-5-6-10-19(16)22/h2-12,15,23H,13-14H2,1H3. The maximum atomic E-state index is 13.6. The molecule has 26 heavy (non-hydrogen) atoms. The van der Waals surface area contributed by atoms with Gasteiger partial charge in [0.25, 0.3) is 5.91 Å². The van der Waals surface area contributed by atoms with Crippen molar-refractivity contribution in [1.29, 1.82) is 0 Å². The quantitative estimate of drug-likeness (QED) is 0.727. The van der Waals surface area contributed by atoms with E-state index < -0.39 is 0 Å². The second-order valence-corrected chi connectivity index (χ2v) is 5.90. The van der Waals surface area contributed by atoms with Gasteiger partial charge in [0.05, 0.1) is 11.9 Å². The molecule has 1 heterocycles. The van der Waals surface area contributed by atoms with Crippen LogP contribution in [0.15, 0.2) is 72.9 Å². The van der Waals surface area contributed by atoms with E-state index in [1.165, 1.54) is 6.07 Å². The third-order valence-electron chi connectivity index (χ3n) is 4.11. The number of amides is 1. The molecule has 0 atom stereocenters. The lowest BCUT2D eigenvalue weighted by Crippen LogP contribution is -2.26. The van der Waals surface area contributed by atoms with E-state index in [1.807, 2.05) is 36.4 Å². The van der Waals surface area contributed by atoms with Gasteiger partial charge in [-0.25, -0.2) is 9.37 Å². The van der Waals surface area contributed by atoms with E-state index >= 15 is 0 Å². The minimum Gasteiger partial charge on any atom is -0.383 e. The molecule has 4 nitrogen and oxygen atoms in total. The number of halogens is 1. The zero-order valence-corrected chi connectivity index (χ0v) is 14.5. The van der Waals surface area contributed by atoms with Crippen molar-refractivity contribution < 1.29 is 9.18 Å². The number of carbonyl (C=O) groups excluding carboxylic acids is 1. The fourth-order valence-electron chi connectivity index (χ4n) is 2.61. The molecule has 5 heteroatoms. The van der Waals surface area contributed by atoms with Crippen LogP contribution in [0.4, 0.5) is 15.8 Å². The molecule has 1 N–H and O–H groups in total. The highest BCUT2D eigenvalue weighted by Crippen LogP contribution is 2.15. The van der Waals surface area contributed by atoms with Crippen molar-refractivity contribution in [2.75, 3.05) is 23.8 Å². The van der Waals surface area contributed by atoms with Crippen molar-refractivity contribution in [3.8, 4) is 0 Å². The van der Waals surface area contributed by atoms with Crippen LogP contribution in [0.2, 0.25) is 0 Å². The van der Waals surface area contributed by atoms with E-state index in [4.69, 9.17) is 0 Å². The van der Waals surface area contributed by atoms with E-state index in [1.54, 1.807) is 42.4 Å². The van der Waals surface area contributed by atoms with Crippen LogP contribution in [-0.4, -0.2) is 24.5 Å². The zero-order valence-electron chi connectivity index (χ0n) is 14.5. The lowest BCUT2D eigenvalue weighted by Gasteiger charge is -2.16. The van der Waals surface area contributed by atoms with Gasteiger partial charge in [-0.3, -0.25) is 4.79 Å². The van der Waals surface area contributed by atoms with Gasteiger partial charge in [-0.2, -0.15) is 0 Å². The molecular formula is C21H20FN3O. The van der Waals surface area contributed by atoms with Gasteiger partial charge in [-0.15, -0.1) is 0 Å². The summed E-state index contributed by atoms with van der Waals surface area (Å²) in [5.41, 5.74) is 2.65. The first-order valence-electron chi connectivity index (χ1n) is 8.41. The van der Waals surface area contributed by atoms with Crippen molar-refractivity contribution in [2.24, 2.45) is 0 Å². The Morgan fingerprint density at radius 3 is 2.46 bits per heavy atom. The average molecular weight is 349 g/mol. The van der Waals surface area contributed by atoms with Gasteiger partial charge < -0.3 is 10.2 Å². The Morgan fingerprint density at radius 1 is 1.04 bits per heavy atom. The predicted octanol–water partition coefficient (Wildman–Crippen LogP) is 4.15. The van der Waals surface area contributed by atoms with Crippen LogP contribution in [0.5, 0.6) is 0 Å². The maximum absolute atomic E-state index is 13.6. The summed E-state index contributed by atoms with van der Waals surface area (Å²) in [5, 5.41) is 3.19. The molecule has 0 aliphatic carbocycles. The molecule has 0 radical (unpaired) electrons. The van der Waals surface area contributed by atoms with Gasteiger partial charge in [-0.1, -0.05) is 36.4 Å². The Hall–Kier alpha value is -3.21. The summed E-state index contributed by atoms with van der Waals surface area (Å²) in [4.78, 5) is 18.3. The Bertz CT molecular complexity index is 866. The summed E-state index contributed by atoms with van der Waals surface area (Å²) in [6.45, 7) is 0.583. The molecule has 1 amide bonds. The molecule has 0 spiro atoms. The van der Waals surface area contributed by atoms with Crippen LogP contribution in [0, 0.1) is 5.82 Å². The predicted molar refractivity (Wildman–Crippen MR) is 102 cm³/mol. The van der Waals surface area contributed by atoms with E-state index in [-0.39, 0.29) is 11.7 Å². The van der Waals surface area contributed by atoms with Crippen LogP contribution in [0.1, 0.15) is 16.1 Å². The minimum atomic E-state index is -0.197. The number of benzene rings is 2. The van der Waals surface area contributed by atoms with E-state index in [0.717, 1.165) is 11.4 Å². The van der Waals surface area contributed by atoms with Crippen molar-refractivity contribution in [3.05, 3.63) is 90.0 Å². The minimum absolute atomic E-state index is 0.172. The van der Waals surface area contributed by atoms with Crippen molar-refractivity contribution in [1.82, 2.24) is 4.98 Å².